The molecule has 21 heavy (non-hydrogen) atoms. The Morgan fingerprint density at radius 2 is 2.14 bits per heavy atom. The van der Waals surface area contributed by atoms with Crippen LogP contribution in [0.2, 0.25) is 0 Å². The third-order valence-electron chi connectivity index (χ3n) is 4.07. The number of fused-ring (bicyclic) bond motifs is 1. The number of anilines is 1. The minimum absolute atomic E-state index is 0.400. The average Bonchev–Trinajstić information content (AvgIpc) is 2.38. The average molecular weight is 297 g/mol. The lowest BCUT2D eigenvalue weighted by atomic mass is 9.77. The number of benzene rings is 1. The Kier molecular flexibility index (Phi) is 3.64. The van der Waals surface area contributed by atoms with Crippen LogP contribution in [0.25, 0.3) is 0 Å². The van der Waals surface area contributed by atoms with Gasteiger partial charge in [-0.25, -0.2) is 0 Å². The monoisotopic (exact) mass is 297 g/mol. The molecule has 1 atom stereocenters. The molecule has 0 spiro atoms. The second kappa shape index (κ2) is 5.45. The van der Waals surface area contributed by atoms with Crippen molar-refractivity contribution in [2.45, 2.75) is 26.2 Å². The maximum atomic E-state index is 5.85. The fourth-order valence-corrected chi connectivity index (χ4v) is 3.31. The Labute approximate surface area is 130 Å². The predicted molar refractivity (Wildman–Crippen MR) is 91.0 cm³/mol. The van der Waals surface area contributed by atoms with Crippen molar-refractivity contribution >= 4 is 22.9 Å². The van der Waals surface area contributed by atoms with Gasteiger partial charge in [0.05, 0.1) is 5.56 Å². The first-order valence-electron chi connectivity index (χ1n) is 7.16. The maximum absolute atomic E-state index is 5.85. The summed E-state index contributed by atoms with van der Waals surface area (Å²) in [5, 5.41) is 3.51. The molecule has 0 saturated carbocycles. The summed E-state index contributed by atoms with van der Waals surface area (Å²) in [5.74, 6) is 0.564. The smallest absolute Gasteiger partial charge is 0.107 e. The third kappa shape index (κ3) is 2.63. The number of aromatic nitrogens is 1. The molecular weight excluding hydrogens is 278 g/mol. The normalized spacial score (nSPS) is 16.0. The summed E-state index contributed by atoms with van der Waals surface area (Å²) in [7, 11) is 0. The van der Waals surface area contributed by atoms with E-state index in [9.17, 15) is 0 Å². The van der Waals surface area contributed by atoms with Crippen LogP contribution in [0.5, 0.6) is 0 Å². The zero-order valence-corrected chi connectivity index (χ0v) is 13.1. The standard InChI is InChI=1S/C17H19N3S/c1-10-7-15(16(17(18)21)11(2)20-10)19-9-13-8-12-5-3-4-6-14(12)13/h3-7,13H,8-9H2,1-2H3,(H2,18,21)(H,19,20). The van der Waals surface area contributed by atoms with Crippen LogP contribution >= 0.6 is 12.2 Å². The number of pyridine rings is 1. The highest BCUT2D eigenvalue weighted by Gasteiger charge is 2.25. The van der Waals surface area contributed by atoms with Crippen LogP contribution in [0, 0.1) is 13.8 Å². The van der Waals surface area contributed by atoms with Crippen LogP contribution in [0.4, 0.5) is 5.69 Å². The summed E-state index contributed by atoms with van der Waals surface area (Å²) in [6, 6.07) is 10.6. The van der Waals surface area contributed by atoms with Crippen LogP contribution in [0.15, 0.2) is 30.3 Å². The van der Waals surface area contributed by atoms with E-state index in [4.69, 9.17) is 18.0 Å². The zero-order chi connectivity index (χ0) is 15.0. The molecule has 0 amide bonds. The summed E-state index contributed by atoms with van der Waals surface area (Å²) in [6.45, 7) is 4.83. The minimum atomic E-state index is 0.400. The van der Waals surface area contributed by atoms with Crippen LogP contribution in [-0.4, -0.2) is 16.5 Å². The number of hydrogen-bond acceptors (Lipinski definition) is 3. The van der Waals surface area contributed by atoms with E-state index in [1.54, 1.807) is 0 Å². The molecule has 0 fully saturated rings. The van der Waals surface area contributed by atoms with Gasteiger partial charge < -0.3 is 11.1 Å². The summed E-state index contributed by atoms with van der Waals surface area (Å²) in [5.41, 5.74) is 12.5. The van der Waals surface area contributed by atoms with Gasteiger partial charge in [0.2, 0.25) is 0 Å². The predicted octanol–water partition coefficient (Wildman–Crippen LogP) is 3.08. The van der Waals surface area contributed by atoms with Gasteiger partial charge in [0, 0.05) is 29.5 Å². The first kappa shape index (κ1) is 14.0. The Morgan fingerprint density at radius 3 is 2.86 bits per heavy atom. The summed E-state index contributed by atoms with van der Waals surface area (Å²) in [6.07, 6.45) is 1.13. The summed E-state index contributed by atoms with van der Waals surface area (Å²) < 4.78 is 0. The van der Waals surface area contributed by atoms with Gasteiger partial charge in [-0.05, 0) is 37.5 Å². The molecule has 1 aliphatic rings. The third-order valence-corrected chi connectivity index (χ3v) is 4.28. The first-order chi connectivity index (χ1) is 10.1. The fourth-order valence-electron chi connectivity index (χ4n) is 3.06. The van der Waals surface area contributed by atoms with Gasteiger partial charge in [0.15, 0.2) is 0 Å². The van der Waals surface area contributed by atoms with Crippen LogP contribution in [0.1, 0.15) is 34.0 Å². The lowest BCUT2D eigenvalue weighted by Crippen LogP contribution is -2.25. The Balaban J connectivity index is 1.79. The number of nitrogens with one attached hydrogen (secondary N) is 1. The molecule has 1 aliphatic carbocycles. The number of nitrogens with zero attached hydrogens (tertiary/aromatic N) is 1. The van der Waals surface area contributed by atoms with E-state index < -0.39 is 0 Å². The van der Waals surface area contributed by atoms with Gasteiger partial charge in [-0.2, -0.15) is 0 Å². The molecule has 1 heterocycles. The van der Waals surface area contributed by atoms with Crippen molar-refractivity contribution in [3.63, 3.8) is 0 Å². The van der Waals surface area contributed by atoms with E-state index in [-0.39, 0.29) is 0 Å². The molecule has 2 aromatic rings. The SMILES string of the molecule is Cc1cc(NCC2Cc3ccccc32)c(C(N)=S)c(C)n1. The number of nitrogens with two attached hydrogens (primary N) is 1. The van der Waals surface area contributed by atoms with Gasteiger partial charge in [-0.3, -0.25) is 4.98 Å². The van der Waals surface area contributed by atoms with Crippen molar-refractivity contribution in [2.24, 2.45) is 5.73 Å². The van der Waals surface area contributed by atoms with Gasteiger partial charge in [0.25, 0.3) is 0 Å². The molecule has 0 radical (unpaired) electrons. The molecule has 1 aromatic carbocycles. The number of rotatable bonds is 4. The second-order valence-electron chi connectivity index (χ2n) is 5.62. The maximum Gasteiger partial charge on any atom is 0.107 e. The summed E-state index contributed by atoms with van der Waals surface area (Å²) >= 11 is 5.16. The van der Waals surface area contributed by atoms with Gasteiger partial charge >= 0.3 is 0 Å². The molecule has 1 unspecified atom stereocenters. The van der Waals surface area contributed by atoms with Gasteiger partial charge in [0.1, 0.15) is 4.99 Å². The van der Waals surface area contributed by atoms with E-state index in [0.29, 0.717) is 10.9 Å². The van der Waals surface area contributed by atoms with E-state index in [2.05, 4.69) is 34.6 Å². The van der Waals surface area contributed by atoms with E-state index >= 15 is 0 Å². The highest BCUT2D eigenvalue weighted by atomic mass is 32.1. The molecule has 0 bridgehead atoms. The number of thiocarbonyl (C=S) groups is 1. The fraction of sp³-hybridized carbons (Fsp3) is 0.294. The molecule has 3 rings (SSSR count). The van der Waals surface area contributed by atoms with Crippen LogP contribution in [-0.2, 0) is 6.42 Å². The van der Waals surface area contributed by atoms with Crippen molar-refractivity contribution in [2.75, 3.05) is 11.9 Å². The Morgan fingerprint density at radius 1 is 1.38 bits per heavy atom. The Hall–Kier alpha value is -1.94. The lowest BCUT2D eigenvalue weighted by molar-refractivity contribution is 0.635. The molecule has 0 aliphatic heterocycles. The lowest BCUT2D eigenvalue weighted by Gasteiger charge is -2.31. The second-order valence-corrected chi connectivity index (χ2v) is 6.06. The van der Waals surface area contributed by atoms with Crippen molar-refractivity contribution in [1.82, 2.24) is 4.98 Å². The van der Waals surface area contributed by atoms with Gasteiger partial charge in [-0.1, -0.05) is 36.5 Å². The largest absolute Gasteiger partial charge is 0.389 e. The molecule has 3 nitrogen and oxygen atoms in total. The molecule has 3 N–H and O–H groups in total. The van der Waals surface area contributed by atoms with Crippen molar-refractivity contribution in [3.8, 4) is 0 Å². The van der Waals surface area contributed by atoms with E-state index in [1.165, 1.54) is 11.1 Å². The van der Waals surface area contributed by atoms with E-state index in [0.717, 1.165) is 35.6 Å². The summed E-state index contributed by atoms with van der Waals surface area (Å²) in [4.78, 5) is 4.84. The number of aryl methyl sites for hydroxylation is 2. The highest BCUT2D eigenvalue weighted by molar-refractivity contribution is 7.80. The van der Waals surface area contributed by atoms with E-state index in [1.807, 2.05) is 19.9 Å². The van der Waals surface area contributed by atoms with Crippen molar-refractivity contribution < 1.29 is 0 Å². The molecule has 108 valence electrons. The first-order valence-corrected chi connectivity index (χ1v) is 7.57. The number of hydrogen-bond donors (Lipinski definition) is 2. The molecule has 0 saturated heterocycles. The van der Waals surface area contributed by atoms with Crippen LogP contribution in [0.3, 0.4) is 0 Å². The van der Waals surface area contributed by atoms with Crippen molar-refractivity contribution in [3.05, 3.63) is 58.4 Å². The quantitative estimate of drug-likeness (QED) is 0.852. The minimum Gasteiger partial charge on any atom is -0.389 e. The Bertz CT molecular complexity index is 709. The highest BCUT2D eigenvalue weighted by Crippen LogP contribution is 2.35. The van der Waals surface area contributed by atoms with Crippen molar-refractivity contribution in [1.29, 1.82) is 0 Å². The molecule has 1 aromatic heterocycles. The van der Waals surface area contributed by atoms with Gasteiger partial charge in [-0.15, -0.1) is 0 Å². The zero-order valence-electron chi connectivity index (χ0n) is 12.3. The molecule has 4 heteroatoms. The topological polar surface area (TPSA) is 50.9 Å². The van der Waals surface area contributed by atoms with Crippen LogP contribution < -0.4 is 11.1 Å². The molecular formula is C17H19N3S.